The zero-order valence-corrected chi connectivity index (χ0v) is 11.1. The van der Waals surface area contributed by atoms with E-state index in [-0.39, 0.29) is 6.04 Å². The molecule has 2 N–H and O–H groups in total. The average Bonchev–Trinajstić information content (AvgIpc) is 2.38. The Balaban J connectivity index is 2.33. The molecule has 3 heteroatoms. The van der Waals surface area contributed by atoms with Gasteiger partial charge in [0, 0.05) is 25.0 Å². The molecule has 0 bridgehead atoms. The van der Waals surface area contributed by atoms with Gasteiger partial charge in [-0.3, -0.25) is 0 Å². The van der Waals surface area contributed by atoms with Gasteiger partial charge in [-0.15, -0.1) is 0 Å². The quantitative estimate of drug-likeness (QED) is 0.897. The Kier molecular flexibility index (Phi) is 3.63. The summed E-state index contributed by atoms with van der Waals surface area (Å²) in [4.78, 5) is 6.47. The molecule has 2 rings (SSSR count). The lowest BCUT2D eigenvalue weighted by atomic mass is 10.1. The molecule has 1 atom stereocenters. The molecule has 3 nitrogen and oxygen atoms in total. The Bertz CT molecular complexity index is 535. The van der Waals surface area contributed by atoms with Gasteiger partial charge in [0.1, 0.15) is 5.82 Å². The van der Waals surface area contributed by atoms with Crippen LogP contribution in [0.5, 0.6) is 0 Å². The smallest absolute Gasteiger partial charge is 0.132 e. The molecule has 2 aromatic rings. The second kappa shape index (κ2) is 5.19. The fourth-order valence-corrected chi connectivity index (χ4v) is 1.87. The fraction of sp³-hybridized carbons (Fsp3) is 0.267. The zero-order chi connectivity index (χ0) is 13.1. The fourth-order valence-electron chi connectivity index (χ4n) is 1.87. The molecular formula is C15H19N3. The van der Waals surface area contributed by atoms with Crippen LogP contribution in [0, 0.1) is 6.92 Å². The molecule has 0 unspecified atom stereocenters. The normalized spacial score (nSPS) is 12.2. The van der Waals surface area contributed by atoms with Gasteiger partial charge in [-0.25, -0.2) is 4.98 Å². The van der Waals surface area contributed by atoms with E-state index in [1.54, 1.807) is 6.20 Å². The Labute approximate surface area is 108 Å². The van der Waals surface area contributed by atoms with E-state index in [0.29, 0.717) is 0 Å². The predicted molar refractivity (Wildman–Crippen MR) is 76.1 cm³/mol. The first-order valence-electron chi connectivity index (χ1n) is 6.10. The number of pyridine rings is 1. The molecule has 0 amide bonds. The van der Waals surface area contributed by atoms with Gasteiger partial charge in [0.15, 0.2) is 0 Å². The molecule has 0 aliphatic rings. The topological polar surface area (TPSA) is 42.1 Å². The first kappa shape index (κ1) is 12.6. The van der Waals surface area contributed by atoms with Gasteiger partial charge < -0.3 is 10.6 Å². The molecule has 0 radical (unpaired) electrons. The molecule has 18 heavy (non-hydrogen) atoms. The molecule has 0 aliphatic heterocycles. The molecule has 0 saturated heterocycles. The standard InChI is InChI=1S/C15H19N3/c1-11-5-4-6-14(9-11)18(3)15-10-13(12(2)16)7-8-17-15/h4-10,12H,16H2,1-3H3/t12-/m0/s1. The third kappa shape index (κ3) is 2.68. The number of hydrogen-bond donors (Lipinski definition) is 1. The van der Waals surface area contributed by atoms with E-state index in [4.69, 9.17) is 5.73 Å². The highest BCUT2D eigenvalue weighted by Gasteiger charge is 2.07. The van der Waals surface area contributed by atoms with Crippen LogP contribution in [0.4, 0.5) is 11.5 Å². The lowest BCUT2D eigenvalue weighted by molar-refractivity contribution is 0.814. The largest absolute Gasteiger partial charge is 0.329 e. The van der Waals surface area contributed by atoms with E-state index in [9.17, 15) is 0 Å². The minimum atomic E-state index is 0.0256. The molecular weight excluding hydrogens is 222 g/mol. The Hall–Kier alpha value is -1.87. The minimum absolute atomic E-state index is 0.0256. The maximum Gasteiger partial charge on any atom is 0.132 e. The summed E-state index contributed by atoms with van der Waals surface area (Å²) in [6.45, 7) is 4.06. The minimum Gasteiger partial charge on any atom is -0.329 e. The van der Waals surface area contributed by atoms with Gasteiger partial charge in [0.05, 0.1) is 0 Å². The van der Waals surface area contributed by atoms with Crippen LogP contribution in [-0.4, -0.2) is 12.0 Å². The van der Waals surface area contributed by atoms with Gasteiger partial charge in [0.2, 0.25) is 0 Å². The van der Waals surface area contributed by atoms with Gasteiger partial charge >= 0.3 is 0 Å². The Morgan fingerprint density at radius 1 is 1.22 bits per heavy atom. The van der Waals surface area contributed by atoms with Crippen LogP contribution in [-0.2, 0) is 0 Å². The monoisotopic (exact) mass is 241 g/mol. The molecule has 0 fully saturated rings. The Morgan fingerprint density at radius 3 is 2.67 bits per heavy atom. The van der Waals surface area contributed by atoms with Gasteiger partial charge in [-0.1, -0.05) is 12.1 Å². The highest BCUT2D eigenvalue weighted by atomic mass is 15.2. The summed E-state index contributed by atoms with van der Waals surface area (Å²) in [6.07, 6.45) is 1.81. The van der Waals surface area contributed by atoms with Crippen molar-refractivity contribution in [3.05, 3.63) is 53.7 Å². The van der Waals surface area contributed by atoms with Crippen molar-refractivity contribution in [2.24, 2.45) is 5.73 Å². The molecule has 0 spiro atoms. The lowest BCUT2D eigenvalue weighted by Crippen LogP contribution is -2.13. The number of hydrogen-bond acceptors (Lipinski definition) is 3. The van der Waals surface area contributed by atoms with Crippen molar-refractivity contribution in [2.45, 2.75) is 19.9 Å². The highest BCUT2D eigenvalue weighted by Crippen LogP contribution is 2.24. The number of anilines is 2. The molecule has 0 saturated carbocycles. The molecule has 1 aromatic heterocycles. The van der Waals surface area contributed by atoms with Crippen LogP contribution >= 0.6 is 0 Å². The number of nitrogens with two attached hydrogens (primary N) is 1. The second-order valence-corrected chi connectivity index (χ2v) is 4.63. The van der Waals surface area contributed by atoms with Crippen LogP contribution < -0.4 is 10.6 Å². The van der Waals surface area contributed by atoms with Crippen molar-refractivity contribution in [2.75, 3.05) is 11.9 Å². The van der Waals surface area contributed by atoms with Crippen molar-refractivity contribution < 1.29 is 0 Å². The van der Waals surface area contributed by atoms with Crippen LogP contribution in [0.2, 0.25) is 0 Å². The summed E-state index contributed by atoms with van der Waals surface area (Å²) in [6, 6.07) is 12.4. The van der Waals surface area contributed by atoms with Crippen LogP contribution in [0.3, 0.4) is 0 Å². The average molecular weight is 241 g/mol. The number of aryl methyl sites for hydroxylation is 1. The van der Waals surface area contributed by atoms with E-state index in [1.165, 1.54) is 5.56 Å². The Morgan fingerprint density at radius 2 is 2.00 bits per heavy atom. The van der Waals surface area contributed by atoms with E-state index in [2.05, 4.69) is 41.1 Å². The van der Waals surface area contributed by atoms with E-state index >= 15 is 0 Å². The predicted octanol–water partition coefficient (Wildman–Crippen LogP) is 3.18. The third-order valence-electron chi connectivity index (χ3n) is 3.03. The van der Waals surface area contributed by atoms with Crippen molar-refractivity contribution >= 4 is 11.5 Å². The number of nitrogens with zero attached hydrogens (tertiary/aromatic N) is 2. The maximum absolute atomic E-state index is 5.90. The lowest BCUT2D eigenvalue weighted by Gasteiger charge is -2.20. The van der Waals surface area contributed by atoms with Crippen molar-refractivity contribution in [3.8, 4) is 0 Å². The van der Waals surface area contributed by atoms with Crippen LogP contribution in [0.15, 0.2) is 42.6 Å². The third-order valence-corrected chi connectivity index (χ3v) is 3.03. The SMILES string of the molecule is Cc1cccc(N(C)c2cc([C@H](C)N)ccn2)c1. The summed E-state index contributed by atoms with van der Waals surface area (Å²) >= 11 is 0. The number of rotatable bonds is 3. The van der Waals surface area contributed by atoms with Crippen molar-refractivity contribution in [1.29, 1.82) is 0 Å². The molecule has 1 heterocycles. The summed E-state index contributed by atoms with van der Waals surface area (Å²) < 4.78 is 0. The first-order chi connectivity index (χ1) is 8.58. The number of benzene rings is 1. The summed E-state index contributed by atoms with van der Waals surface area (Å²) in [5.41, 5.74) is 9.36. The van der Waals surface area contributed by atoms with Crippen LogP contribution in [0.25, 0.3) is 0 Å². The zero-order valence-electron chi connectivity index (χ0n) is 11.1. The summed E-state index contributed by atoms with van der Waals surface area (Å²) in [7, 11) is 2.02. The molecule has 0 aliphatic carbocycles. The summed E-state index contributed by atoms with van der Waals surface area (Å²) in [5, 5.41) is 0. The van der Waals surface area contributed by atoms with Gasteiger partial charge in [-0.2, -0.15) is 0 Å². The molecule has 1 aromatic carbocycles. The molecule has 94 valence electrons. The first-order valence-corrected chi connectivity index (χ1v) is 6.10. The van der Waals surface area contributed by atoms with Crippen LogP contribution in [0.1, 0.15) is 24.1 Å². The highest BCUT2D eigenvalue weighted by molar-refractivity contribution is 5.60. The van der Waals surface area contributed by atoms with E-state index in [0.717, 1.165) is 17.1 Å². The van der Waals surface area contributed by atoms with E-state index < -0.39 is 0 Å². The van der Waals surface area contributed by atoms with Crippen molar-refractivity contribution in [1.82, 2.24) is 4.98 Å². The maximum atomic E-state index is 5.90. The van der Waals surface area contributed by atoms with Gasteiger partial charge in [-0.05, 0) is 49.2 Å². The van der Waals surface area contributed by atoms with Crippen molar-refractivity contribution in [3.63, 3.8) is 0 Å². The summed E-state index contributed by atoms with van der Waals surface area (Å²) in [5.74, 6) is 0.912. The second-order valence-electron chi connectivity index (χ2n) is 4.63. The van der Waals surface area contributed by atoms with E-state index in [1.807, 2.05) is 26.1 Å². The number of aromatic nitrogens is 1. The van der Waals surface area contributed by atoms with Gasteiger partial charge in [0.25, 0.3) is 0 Å².